The van der Waals surface area contributed by atoms with Crippen LogP contribution in [0, 0.1) is 30.1 Å². The summed E-state index contributed by atoms with van der Waals surface area (Å²) in [4.78, 5) is 24.2. The van der Waals surface area contributed by atoms with Crippen molar-refractivity contribution in [1.29, 1.82) is 0 Å². The van der Waals surface area contributed by atoms with Crippen molar-refractivity contribution < 1.29 is 9.59 Å². The number of aryl methyl sites for hydroxylation is 1. The van der Waals surface area contributed by atoms with Gasteiger partial charge in [0.25, 0.3) is 0 Å². The highest BCUT2D eigenvalue weighted by Crippen LogP contribution is 2.59. The van der Waals surface area contributed by atoms with Gasteiger partial charge in [0.15, 0.2) is 0 Å². The number of carbonyl (C=O) groups excluding carboxylic acids is 2. The molecule has 1 aromatic carbocycles. The molecular weight excluding hydrogens is 338 g/mol. The Bertz CT molecular complexity index is 695. The van der Waals surface area contributed by atoms with Gasteiger partial charge in [-0.1, -0.05) is 24.3 Å². The van der Waals surface area contributed by atoms with Gasteiger partial charge in [-0.05, 0) is 79.7 Å². The summed E-state index contributed by atoms with van der Waals surface area (Å²) in [7, 11) is 0. The highest BCUT2D eigenvalue weighted by molar-refractivity contribution is 5.79. The van der Waals surface area contributed by atoms with Crippen molar-refractivity contribution in [2.75, 3.05) is 6.54 Å². The van der Waals surface area contributed by atoms with Crippen molar-refractivity contribution >= 4 is 11.9 Å². The van der Waals surface area contributed by atoms with E-state index in [1.54, 1.807) is 0 Å². The van der Waals surface area contributed by atoms with E-state index in [-0.39, 0.29) is 18.4 Å². The summed E-state index contributed by atoms with van der Waals surface area (Å²) in [5, 5.41) is 5.94. The predicted molar refractivity (Wildman–Crippen MR) is 105 cm³/mol. The van der Waals surface area contributed by atoms with E-state index in [9.17, 15) is 9.59 Å². The Hall–Kier alpha value is -2.04. The number of urea groups is 1. The number of rotatable bonds is 6. The largest absolute Gasteiger partial charge is 0.355 e. The number of nitrogens with two attached hydrogens (primary N) is 1. The van der Waals surface area contributed by atoms with Crippen LogP contribution in [-0.2, 0) is 4.79 Å². The molecule has 0 heterocycles. The van der Waals surface area contributed by atoms with E-state index >= 15 is 0 Å². The molecule has 4 aliphatic carbocycles. The molecule has 0 saturated heterocycles. The van der Waals surface area contributed by atoms with E-state index in [2.05, 4.69) is 10.6 Å². The van der Waals surface area contributed by atoms with Gasteiger partial charge < -0.3 is 16.4 Å². The average Bonchev–Trinajstić information content (AvgIpc) is 2.58. The van der Waals surface area contributed by atoms with Crippen LogP contribution < -0.4 is 16.4 Å². The van der Waals surface area contributed by atoms with Crippen molar-refractivity contribution in [2.45, 2.75) is 57.9 Å². The minimum Gasteiger partial charge on any atom is -0.355 e. The second kappa shape index (κ2) is 7.17. The second-order valence-corrected chi connectivity index (χ2v) is 9.32. The molecule has 4 bridgehead atoms. The molecule has 5 rings (SSSR count). The molecule has 1 unspecified atom stereocenters. The van der Waals surface area contributed by atoms with Crippen molar-refractivity contribution in [2.24, 2.45) is 28.9 Å². The first-order chi connectivity index (χ1) is 12.9. The molecule has 0 aromatic heterocycles. The monoisotopic (exact) mass is 369 g/mol. The minimum absolute atomic E-state index is 0.00671. The zero-order chi connectivity index (χ0) is 19.0. The normalized spacial score (nSPS) is 32.1. The highest BCUT2D eigenvalue weighted by atomic mass is 16.2. The maximum atomic E-state index is 12.7. The Kier molecular flexibility index (Phi) is 4.87. The molecule has 0 aliphatic heterocycles. The average molecular weight is 370 g/mol. The van der Waals surface area contributed by atoms with E-state index in [4.69, 9.17) is 5.73 Å². The van der Waals surface area contributed by atoms with Gasteiger partial charge in [-0.25, -0.2) is 4.79 Å². The molecule has 5 nitrogen and oxygen atoms in total. The highest BCUT2D eigenvalue weighted by Gasteiger charge is 2.50. The predicted octanol–water partition coefficient (Wildman–Crippen LogP) is 3.43. The van der Waals surface area contributed by atoms with E-state index in [1.807, 2.05) is 31.2 Å². The van der Waals surface area contributed by atoms with E-state index < -0.39 is 6.03 Å². The topological polar surface area (TPSA) is 84.2 Å². The summed E-state index contributed by atoms with van der Waals surface area (Å²) < 4.78 is 0. The fourth-order valence-electron chi connectivity index (χ4n) is 6.44. The maximum absolute atomic E-state index is 12.7. The molecule has 3 amide bonds. The second-order valence-electron chi connectivity index (χ2n) is 9.32. The Morgan fingerprint density at radius 2 is 1.70 bits per heavy atom. The first kappa shape index (κ1) is 18.3. The molecule has 5 heteroatoms. The summed E-state index contributed by atoms with van der Waals surface area (Å²) in [5.74, 6) is 2.63. The Labute approximate surface area is 161 Å². The van der Waals surface area contributed by atoms with Crippen LogP contribution in [-0.4, -0.2) is 18.5 Å². The van der Waals surface area contributed by atoms with Gasteiger partial charge in [0.1, 0.15) is 0 Å². The number of hydrogen-bond donors (Lipinski definition) is 3. The van der Waals surface area contributed by atoms with Crippen LogP contribution in [0.1, 0.15) is 62.1 Å². The van der Waals surface area contributed by atoms with Gasteiger partial charge in [-0.2, -0.15) is 0 Å². The Balaban J connectivity index is 1.39. The molecule has 4 aliphatic rings. The van der Waals surface area contributed by atoms with Crippen LogP contribution in [0.25, 0.3) is 0 Å². The van der Waals surface area contributed by atoms with Crippen LogP contribution in [0.2, 0.25) is 0 Å². The summed E-state index contributed by atoms with van der Waals surface area (Å²) in [6, 6.07) is 6.82. The lowest BCUT2D eigenvalue weighted by Crippen LogP contribution is -2.51. The van der Waals surface area contributed by atoms with Crippen LogP contribution in [0.5, 0.6) is 0 Å². The van der Waals surface area contributed by atoms with Crippen molar-refractivity contribution in [3.05, 3.63) is 35.4 Å². The van der Waals surface area contributed by atoms with Gasteiger partial charge in [0, 0.05) is 6.54 Å². The van der Waals surface area contributed by atoms with Crippen molar-refractivity contribution in [1.82, 2.24) is 10.6 Å². The third kappa shape index (κ3) is 3.97. The molecule has 4 fully saturated rings. The summed E-state index contributed by atoms with van der Waals surface area (Å²) >= 11 is 0. The van der Waals surface area contributed by atoms with Crippen LogP contribution in [0.15, 0.2) is 24.3 Å². The molecular formula is C22H31N3O2. The molecule has 0 spiro atoms. The standard InChI is InChI=1S/C22H31N3O2/c1-14-4-2-3-5-18(14)19(25-21(23)27)9-20(26)24-13-22-10-15-6-16(11-22)8-17(7-15)12-22/h2-5,15-17,19H,6-13H2,1H3,(H,24,26)(H3,23,25,27). The third-order valence-electron chi connectivity index (χ3n) is 7.10. The quantitative estimate of drug-likeness (QED) is 0.718. The molecule has 27 heavy (non-hydrogen) atoms. The molecule has 146 valence electrons. The molecule has 1 aromatic rings. The van der Waals surface area contributed by atoms with Crippen LogP contribution in [0.3, 0.4) is 0 Å². The fraction of sp³-hybridized carbons (Fsp3) is 0.636. The molecule has 4 saturated carbocycles. The Morgan fingerprint density at radius 1 is 1.11 bits per heavy atom. The lowest BCUT2D eigenvalue weighted by atomic mass is 9.49. The molecule has 0 radical (unpaired) electrons. The minimum atomic E-state index is -0.600. The number of benzene rings is 1. The van der Waals surface area contributed by atoms with Gasteiger partial charge in [-0.15, -0.1) is 0 Å². The maximum Gasteiger partial charge on any atom is 0.312 e. The summed E-state index contributed by atoms with van der Waals surface area (Å²) in [6.07, 6.45) is 8.28. The van der Waals surface area contributed by atoms with Crippen molar-refractivity contribution in [3.63, 3.8) is 0 Å². The fourth-order valence-corrected chi connectivity index (χ4v) is 6.44. The number of nitrogens with one attached hydrogen (secondary N) is 2. The van der Waals surface area contributed by atoms with Crippen LogP contribution >= 0.6 is 0 Å². The molecule has 4 N–H and O–H groups in total. The zero-order valence-corrected chi connectivity index (χ0v) is 16.2. The lowest BCUT2D eigenvalue weighted by molar-refractivity contribution is -0.123. The first-order valence-corrected chi connectivity index (χ1v) is 10.3. The van der Waals surface area contributed by atoms with Gasteiger partial charge >= 0.3 is 6.03 Å². The third-order valence-corrected chi connectivity index (χ3v) is 7.10. The SMILES string of the molecule is Cc1ccccc1C(CC(=O)NCC12CC3CC(CC(C3)C1)C2)NC(N)=O. The van der Waals surface area contributed by atoms with Crippen LogP contribution in [0.4, 0.5) is 4.79 Å². The number of primary amides is 1. The van der Waals surface area contributed by atoms with Gasteiger partial charge in [-0.3, -0.25) is 4.79 Å². The smallest absolute Gasteiger partial charge is 0.312 e. The first-order valence-electron chi connectivity index (χ1n) is 10.3. The van der Waals surface area contributed by atoms with Crippen molar-refractivity contribution in [3.8, 4) is 0 Å². The number of amides is 3. The van der Waals surface area contributed by atoms with E-state index in [0.29, 0.717) is 5.41 Å². The van der Waals surface area contributed by atoms with Gasteiger partial charge in [0.05, 0.1) is 12.5 Å². The van der Waals surface area contributed by atoms with E-state index in [0.717, 1.165) is 35.4 Å². The number of carbonyl (C=O) groups is 2. The van der Waals surface area contributed by atoms with Gasteiger partial charge in [0.2, 0.25) is 5.91 Å². The summed E-state index contributed by atoms with van der Waals surface area (Å²) in [5.41, 5.74) is 7.66. The number of hydrogen-bond acceptors (Lipinski definition) is 2. The van der Waals surface area contributed by atoms with E-state index in [1.165, 1.54) is 38.5 Å². The lowest BCUT2D eigenvalue weighted by Gasteiger charge is -2.56. The Morgan fingerprint density at radius 3 is 2.26 bits per heavy atom. The molecule has 1 atom stereocenters. The summed E-state index contributed by atoms with van der Waals surface area (Å²) in [6.45, 7) is 2.77. The zero-order valence-electron chi connectivity index (χ0n) is 16.2.